The van der Waals surface area contributed by atoms with Crippen molar-refractivity contribution in [2.45, 2.75) is 30.0 Å². The fraction of sp³-hybridized carbons (Fsp3) is 0.429. The Labute approximate surface area is 127 Å². The SMILES string of the molecule is CSCC[C@@H](N)c1nc(CSc2cccc(C)c2)no1. The molecule has 0 radical (unpaired) electrons. The fourth-order valence-corrected chi connectivity index (χ4v) is 3.04. The topological polar surface area (TPSA) is 64.9 Å². The van der Waals surface area contributed by atoms with Crippen LogP contribution >= 0.6 is 23.5 Å². The maximum Gasteiger partial charge on any atom is 0.243 e. The largest absolute Gasteiger partial charge is 0.338 e. The van der Waals surface area contributed by atoms with Crippen LogP contribution in [0.15, 0.2) is 33.7 Å². The summed E-state index contributed by atoms with van der Waals surface area (Å²) in [5.41, 5.74) is 7.26. The van der Waals surface area contributed by atoms with E-state index in [9.17, 15) is 0 Å². The van der Waals surface area contributed by atoms with Crippen molar-refractivity contribution in [1.82, 2.24) is 10.1 Å². The highest BCUT2D eigenvalue weighted by atomic mass is 32.2. The van der Waals surface area contributed by atoms with Gasteiger partial charge >= 0.3 is 0 Å². The van der Waals surface area contributed by atoms with Crippen molar-refractivity contribution in [3.63, 3.8) is 0 Å². The Bertz CT molecular complexity index is 545. The summed E-state index contributed by atoms with van der Waals surface area (Å²) in [5.74, 6) is 2.93. The molecule has 2 aromatic rings. The number of hydrogen-bond acceptors (Lipinski definition) is 6. The van der Waals surface area contributed by atoms with Crippen molar-refractivity contribution in [1.29, 1.82) is 0 Å². The van der Waals surface area contributed by atoms with Crippen LogP contribution in [0.5, 0.6) is 0 Å². The first-order valence-electron chi connectivity index (χ1n) is 6.45. The standard InChI is InChI=1S/C14H19N3OS2/c1-10-4-3-5-11(8-10)20-9-13-16-14(18-17-13)12(15)6-7-19-2/h3-5,8,12H,6-7,9,15H2,1-2H3/t12-/m1/s1. The van der Waals surface area contributed by atoms with Crippen LogP contribution in [-0.2, 0) is 5.75 Å². The fourth-order valence-electron chi connectivity index (χ4n) is 1.70. The third kappa shape index (κ3) is 4.54. The van der Waals surface area contributed by atoms with Gasteiger partial charge in [-0.05, 0) is 37.5 Å². The molecule has 2 N–H and O–H groups in total. The third-order valence-corrected chi connectivity index (χ3v) is 4.43. The lowest BCUT2D eigenvalue weighted by molar-refractivity contribution is 0.350. The quantitative estimate of drug-likeness (QED) is 0.791. The molecular formula is C14H19N3OS2. The third-order valence-electron chi connectivity index (χ3n) is 2.79. The molecule has 20 heavy (non-hydrogen) atoms. The van der Waals surface area contributed by atoms with E-state index in [2.05, 4.69) is 47.6 Å². The van der Waals surface area contributed by atoms with E-state index in [-0.39, 0.29) is 6.04 Å². The Morgan fingerprint density at radius 2 is 2.25 bits per heavy atom. The Balaban J connectivity index is 1.89. The number of aryl methyl sites for hydroxylation is 1. The second-order valence-electron chi connectivity index (χ2n) is 4.54. The van der Waals surface area contributed by atoms with Gasteiger partial charge in [0, 0.05) is 4.90 Å². The van der Waals surface area contributed by atoms with Crippen molar-refractivity contribution in [2.24, 2.45) is 5.73 Å². The first-order chi connectivity index (χ1) is 9.69. The van der Waals surface area contributed by atoms with Crippen LogP contribution in [0.25, 0.3) is 0 Å². The van der Waals surface area contributed by atoms with Gasteiger partial charge in [0.25, 0.3) is 0 Å². The second-order valence-corrected chi connectivity index (χ2v) is 6.58. The Morgan fingerprint density at radius 3 is 3.00 bits per heavy atom. The minimum Gasteiger partial charge on any atom is -0.338 e. The average Bonchev–Trinajstić information content (AvgIpc) is 2.91. The van der Waals surface area contributed by atoms with Crippen LogP contribution < -0.4 is 5.73 Å². The smallest absolute Gasteiger partial charge is 0.243 e. The van der Waals surface area contributed by atoms with Crippen LogP contribution in [0, 0.1) is 6.92 Å². The highest BCUT2D eigenvalue weighted by Crippen LogP contribution is 2.23. The summed E-state index contributed by atoms with van der Waals surface area (Å²) in [6, 6.07) is 8.21. The predicted molar refractivity (Wildman–Crippen MR) is 85.0 cm³/mol. The molecule has 1 aromatic heterocycles. The van der Waals surface area contributed by atoms with Crippen LogP contribution in [0.3, 0.4) is 0 Å². The van der Waals surface area contributed by atoms with E-state index in [1.807, 2.05) is 0 Å². The number of thioether (sulfide) groups is 2. The van der Waals surface area contributed by atoms with E-state index >= 15 is 0 Å². The summed E-state index contributed by atoms with van der Waals surface area (Å²) < 4.78 is 5.23. The number of benzene rings is 1. The zero-order chi connectivity index (χ0) is 14.4. The highest BCUT2D eigenvalue weighted by Gasteiger charge is 2.14. The molecule has 0 saturated carbocycles. The minimum atomic E-state index is -0.160. The molecule has 4 nitrogen and oxygen atoms in total. The van der Waals surface area contributed by atoms with Crippen LogP contribution in [0.2, 0.25) is 0 Å². The second kappa shape index (κ2) is 7.71. The van der Waals surface area contributed by atoms with Gasteiger partial charge in [0.15, 0.2) is 5.82 Å². The van der Waals surface area contributed by atoms with Crippen LogP contribution in [0.4, 0.5) is 0 Å². The number of aromatic nitrogens is 2. The molecule has 0 fully saturated rings. The molecule has 0 spiro atoms. The summed E-state index contributed by atoms with van der Waals surface area (Å²) in [4.78, 5) is 5.58. The van der Waals surface area contributed by atoms with Crippen molar-refractivity contribution >= 4 is 23.5 Å². The zero-order valence-electron chi connectivity index (χ0n) is 11.7. The molecule has 1 aromatic carbocycles. The summed E-state index contributed by atoms with van der Waals surface area (Å²) in [6.45, 7) is 2.08. The molecular weight excluding hydrogens is 290 g/mol. The van der Waals surface area contributed by atoms with Gasteiger partial charge < -0.3 is 10.3 Å². The van der Waals surface area contributed by atoms with Gasteiger partial charge in [-0.1, -0.05) is 22.9 Å². The van der Waals surface area contributed by atoms with Gasteiger partial charge in [0.05, 0.1) is 11.8 Å². The lowest BCUT2D eigenvalue weighted by Crippen LogP contribution is -2.11. The molecule has 0 amide bonds. The molecule has 1 atom stereocenters. The normalized spacial score (nSPS) is 12.6. The van der Waals surface area contributed by atoms with Gasteiger partial charge in [-0.15, -0.1) is 11.8 Å². The van der Waals surface area contributed by atoms with Crippen LogP contribution in [0.1, 0.15) is 29.7 Å². The van der Waals surface area contributed by atoms with E-state index in [4.69, 9.17) is 10.3 Å². The number of rotatable bonds is 7. The molecule has 0 aliphatic carbocycles. The van der Waals surface area contributed by atoms with E-state index in [1.165, 1.54) is 10.5 Å². The van der Waals surface area contributed by atoms with Crippen molar-refractivity contribution in [3.05, 3.63) is 41.5 Å². The van der Waals surface area contributed by atoms with E-state index < -0.39 is 0 Å². The Hall–Kier alpha value is -0.980. The summed E-state index contributed by atoms with van der Waals surface area (Å²) >= 11 is 3.47. The molecule has 2 rings (SSSR count). The molecule has 0 unspecified atom stereocenters. The van der Waals surface area contributed by atoms with E-state index in [0.717, 1.165) is 12.2 Å². The summed E-state index contributed by atoms with van der Waals surface area (Å²) in [7, 11) is 0. The Morgan fingerprint density at radius 1 is 1.40 bits per heavy atom. The lowest BCUT2D eigenvalue weighted by atomic mass is 10.2. The molecule has 108 valence electrons. The maximum absolute atomic E-state index is 6.01. The number of hydrogen-bond donors (Lipinski definition) is 1. The van der Waals surface area contributed by atoms with Gasteiger partial charge in [-0.25, -0.2) is 0 Å². The van der Waals surface area contributed by atoms with Gasteiger partial charge in [0.2, 0.25) is 5.89 Å². The van der Waals surface area contributed by atoms with E-state index in [1.54, 1.807) is 23.5 Å². The summed E-state index contributed by atoms with van der Waals surface area (Å²) in [6.07, 6.45) is 2.91. The molecule has 0 aliphatic rings. The number of nitrogens with zero attached hydrogens (tertiary/aromatic N) is 2. The molecule has 0 bridgehead atoms. The monoisotopic (exact) mass is 309 g/mol. The predicted octanol–water partition coefficient (Wildman–Crippen LogP) is 3.42. The molecule has 0 aliphatic heterocycles. The first-order valence-corrected chi connectivity index (χ1v) is 8.83. The van der Waals surface area contributed by atoms with Gasteiger partial charge in [-0.2, -0.15) is 16.7 Å². The van der Waals surface area contributed by atoms with Gasteiger partial charge in [0.1, 0.15) is 0 Å². The lowest BCUT2D eigenvalue weighted by Gasteiger charge is -2.03. The average molecular weight is 309 g/mol. The minimum absolute atomic E-state index is 0.160. The maximum atomic E-state index is 6.01. The first kappa shape index (κ1) is 15.4. The van der Waals surface area contributed by atoms with Crippen LogP contribution in [-0.4, -0.2) is 22.1 Å². The molecule has 0 saturated heterocycles. The zero-order valence-corrected chi connectivity index (χ0v) is 13.3. The Kier molecular flexibility index (Phi) is 5.94. The number of nitrogens with two attached hydrogens (primary N) is 1. The van der Waals surface area contributed by atoms with Crippen molar-refractivity contribution in [3.8, 4) is 0 Å². The molecule has 6 heteroatoms. The van der Waals surface area contributed by atoms with Gasteiger partial charge in [-0.3, -0.25) is 0 Å². The van der Waals surface area contributed by atoms with Crippen molar-refractivity contribution in [2.75, 3.05) is 12.0 Å². The molecule has 1 heterocycles. The van der Waals surface area contributed by atoms with E-state index in [0.29, 0.717) is 17.5 Å². The highest BCUT2D eigenvalue weighted by molar-refractivity contribution is 7.98. The van der Waals surface area contributed by atoms with Crippen molar-refractivity contribution < 1.29 is 4.52 Å². The summed E-state index contributed by atoms with van der Waals surface area (Å²) in [5, 5.41) is 3.99.